The van der Waals surface area contributed by atoms with E-state index in [0.29, 0.717) is 4.47 Å². The number of carbonyl (C=O) groups is 2. The van der Waals surface area contributed by atoms with Gasteiger partial charge in [-0.1, -0.05) is 5.92 Å². The predicted octanol–water partition coefficient (Wildman–Crippen LogP) is 0.00270. The van der Waals surface area contributed by atoms with Crippen LogP contribution in [0.25, 0.3) is 0 Å². The molecule has 0 aliphatic rings. The van der Waals surface area contributed by atoms with Gasteiger partial charge in [-0.15, -0.1) is 6.42 Å². The number of benzene rings is 1. The number of primary sulfonamides is 1. The lowest BCUT2D eigenvalue weighted by Crippen LogP contribution is -2.29. The van der Waals surface area contributed by atoms with E-state index in [1.807, 2.05) is 0 Å². The Balaban J connectivity index is 2.84. The highest BCUT2D eigenvalue weighted by molar-refractivity contribution is 9.10. The van der Waals surface area contributed by atoms with Gasteiger partial charge >= 0.3 is 5.97 Å². The Hall–Kier alpha value is -1.89. The number of hydrogen-bond acceptors (Lipinski definition) is 5. The Morgan fingerprint density at radius 2 is 2.10 bits per heavy atom. The molecule has 7 nitrogen and oxygen atoms in total. The van der Waals surface area contributed by atoms with Crippen molar-refractivity contribution in [3.8, 4) is 12.3 Å². The minimum atomic E-state index is -3.95. The quantitative estimate of drug-likeness (QED) is 0.555. The largest absolute Gasteiger partial charge is 0.452 e. The van der Waals surface area contributed by atoms with Gasteiger partial charge in [0.1, 0.15) is 0 Å². The Morgan fingerprint density at radius 1 is 1.43 bits per heavy atom. The monoisotopic (exact) mass is 374 g/mol. The highest BCUT2D eigenvalue weighted by Gasteiger charge is 2.17. The molecule has 1 amide bonds. The molecule has 1 aromatic rings. The molecule has 3 N–H and O–H groups in total. The molecule has 9 heteroatoms. The first-order valence-electron chi connectivity index (χ1n) is 5.45. The van der Waals surface area contributed by atoms with Gasteiger partial charge < -0.3 is 10.1 Å². The lowest BCUT2D eigenvalue weighted by atomic mass is 10.2. The number of rotatable bonds is 5. The zero-order valence-corrected chi connectivity index (χ0v) is 13.0. The average molecular weight is 375 g/mol. The predicted molar refractivity (Wildman–Crippen MR) is 77.6 cm³/mol. The first-order chi connectivity index (χ1) is 9.75. The van der Waals surface area contributed by atoms with E-state index in [1.165, 1.54) is 12.1 Å². The van der Waals surface area contributed by atoms with E-state index in [1.54, 1.807) is 0 Å². The summed E-state index contributed by atoms with van der Waals surface area (Å²) in [7, 11) is -3.95. The summed E-state index contributed by atoms with van der Waals surface area (Å²) < 4.78 is 27.5. The van der Waals surface area contributed by atoms with Gasteiger partial charge in [0.25, 0.3) is 5.91 Å². The second kappa shape index (κ2) is 7.21. The third kappa shape index (κ3) is 5.18. The summed E-state index contributed by atoms with van der Waals surface area (Å²) in [6.45, 7) is -0.520. The van der Waals surface area contributed by atoms with Crippen LogP contribution in [0.15, 0.2) is 27.6 Å². The summed E-state index contributed by atoms with van der Waals surface area (Å²) in [6, 6.07) is 3.63. The fraction of sp³-hybridized carbons (Fsp3) is 0.167. The van der Waals surface area contributed by atoms with E-state index in [4.69, 9.17) is 16.3 Å². The van der Waals surface area contributed by atoms with Crippen molar-refractivity contribution >= 4 is 37.8 Å². The molecule has 0 saturated heterocycles. The maximum absolute atomic E-state index is 11.8. The molecule has 0 aromatic heterocycles. The molecule has 0 bridgehead atoms. The van der Waals surface area contributed by atoms with Crippen molar-refractivity contribution in [2.45, 2.75) is 4.90 Å². The number of nitrogens with one attached hydrogen (secondary N) is 1. The molecule has 112 valence electrons. The number of terminal acetylenes is 1. The second-order valence-corrected chi connectivity index (χ2v) is 6.16. The van der Waals surface area contributed by atoms with Crippen molar-refractivity contribution in [1.82, 2.24) is 5.32 Å². The SMILES string of the molecule is C#CCNC(=O)COC(=O)c1cc(S(N)(=O)=O)ccc1Br. The Morgan fingerprint density at radius 3 is 2.67 bits per heavy atom. The molecule has 1 rings (SSSR count). The number of hydrogen-bond donors (Lipinski definition) is 2. The lowest BCUT2D eigenvalue weighted by molar-refractivity contribution is -0.123. The fourth-order valence-corrected chi connectivity index (χ4v) is 2.20. The van der Waals surface area contributed by atoms with Crippen LogP contribution in [0, 0.1) is 12.3 Å². The van der Waals surface area contributed by atoms with Gasteiger partial charge in [0, 0.05) is 4.47 Å². The van der Waals surface area contributed by atoms with Crippen molar-refractivity contribution in [2.24, 2.45) is 5.14 Å². The Labute approximate surface area is 130 Å². The van der Waals surface area contributed by atoms with E-state index in [-0.39, 0.29) is 17.0 Å². The number of carbonyl (C=O) groups excluding carboxylic acids is 2. The summed E-state index contributed by atoms with van der Waals surface area (Å²) in [4.78, 5) is 22.8. The summed E-state index contributed by atoms with van der Waals surface area (Å²) >= 11 is 3.08. The van der Waals surface area contributed by atoms with E-state index >= 15 is 0 Å². The van der Waals surface area contributed by atoms with Crippen LogP contribution < -0.4 is 10.5 Å². The van der Waals surface area contributed by atoms with Gasteiger partial charge in [-0.2, -0.15) is 0 Å². The van der Waals surface area contributed by atoms with Crippen molar-refractivity contribution in [1.29, 1.82) is 0 Å². The lowest BCUT2D eigenvalue weighted by Gasteiger charge is -2.07. The second-order valence-electron chi connectivity index (χ2n) is 3.74. The van der Waals surface area contributed by atoms with E-state index < -0.39 is 28.5 Å². The number of amides is 1. The Kier molecular flexibility index (Phi) is 5.90. The number of sulfonamides is 1. The van der Waals surface area contributed by atoms with E-state index in [2.05, 4.69) is 27.2 Å². The molecule has 0 heterocycles. The molecular formula is C12H11BrN2O5S. The first-order valence-corrected chi connectivity index (χ1v) is 7.79. The molecule has 0 fully saturated rings. The van der Waals surface area contributed by atoms with Gasteiger partial charge in [-0.3, -0.25) is 4.79 Å². The molecule has 0 radical (unpaired) electrons. The molecule has 0 atom stereocenters. The molecule has 1 aromatic carbocycles. The van der Waals surface area contributed by atoms with Crippen LogP contribution >= 0.6 is 15.9 Å². The fourth-order valence-electron chi connectivity index (χ4n) is 1.25. The summed E-state index contributed by atoms with van der Waals surface area (Å²) in [5.41, 5.74) is -0.0636. The molecule has 0 unspecified atom stereocenters. The van der Waals surface area contributed by atoms with Crippen LogP contribution in [0.2, 0.25) is 0 Å². The van der Waals surface area contributed by atoms with Crippen molar-refractivity contribution in [3.05, 3.63) is 28.2 Å². The van der Waals surface area contributed by atoms with Gasteiger partial charge in [-0.05, 0) is 34.1 Å². The molecule has 0 aliphatic heterocycles. The summed E-state index contributed by atoms with van der Waals surface area (Å²) in [5, 5.41) is 7.28. The summed E-state index contributed by atoms with van der Waals surface area (Å²) in [5.74, 6) is 0.749. The zero-order valence-electron chi connectivity index (χ0n) is 10.6. The van der Waals surface area contributed by atoms with Crippen LogP contribution in [-0.2, 0) is 19.6 Å². The third-order valence-electron chi connectivity index (χ3n) is 2.21. The van der Waals surface area contributed by atoms with Gasteiger partial charge in [0.15, 0.2) is 6.61 Å². The number of halogens is 1. The van der Waals surface area contributed by atoms with E-state index in [0.717, 1.165) is 6.07 Å². The van der Waals surface area contributed by atoms with Crippen LogP contribution in [0.5, 0.6) is 0 Å². The van der Waals surface area contributed by atoms with Crippen molar-refractivity contribution in [2.75, 3.05) is 13.2 Å². The van der Waals surface area contributed by atoms with Crippen LogP contribution in [-0.4, -0.2) is 33.4 Å². The molecule has 0 spiro atoms. The van der Waals surface area contributed by atoms with Crippen LogP contribution in [0.4, 0.5) is 0 Å². The van der Waals surface area contributed by atoms with Gasteiger partial charge in [0.2, 0.25) is 10.0 Å². The summed E-state index contributed by atoms with van der Waals surface area (Å²) in [6.07, 6.45) is 4.95. The minimum Gasteiger partial charge on any atom is -0.452 e. The van der Waals surface area contributed by atoms with E-state index in [9.17, 15) is 18.0 Å². The molecule has 0 saturated carbocycles. The molecular weight excluding hydrogens is 364 g/mol. The number of ether oxygens (including phenoxy) is 1. The maximum atomic E-state index is 11.8. The normalized spacial score (nSPS) is 10.5. The standard InChI is InChI=1S/C12H11BrN2O5S/c1-2-5-15-11(16)7-20-12(17)9-6-8(21(14,18)19)3-4-10(9)13/h1,3-4,6H,5,7H2,(H,15,16)(H2,14,18,19). The topological polar surface area (TPSA) is 116 Å². The highest BCUT2D eigenvalue weighted by atomic mass is 79.9. The Bertz CT molecular complexity index is 709. The maximum Gasteiger partial charge on any atom is 0.339 e. The third-order valence-corrected chi connectivity index (χ3v) is 3.81. The van der Waals surface area contributed by atoms with Crippen LogP contribution in [0.1, 0.15) is 10.4 Å². The smallest absolute Gasteiger partial charge is 0.339 e. The van der Waals surface area contributed by atoms with Crippen molar-refractivity contribution in [3.63, 3.8) is 0 Å². The first kappa shape index (κ1) is 17.2. The molecule has 21 heavy (non-hydrogen) atoms. The average Bonchev–Trinajstić information content (AvgIpc) is 2.41. The minimum absolute atomic E-state index is 0.0149. The van der Waals surface area contributed by atoms with Gasteiger partial charge in [0.05, 0.1) is 17.0 Å². The highest BCUT2D eigenvalue weighted by Crippen LogP contribution is 2.21. The molecule has 0 aliphatic carbocycles. The van der Waals surface area contributed by atoms with Crippen molar-refractivity contribution < 1.29 is 22.7 Å². The van der Waals surface area contributed by atoms with Gasteiger partial charge in [-0.25, -0.2) is 18.4 Å². The number of nitrogens with two attached hydrogens (primary N) is 1. The van der Waals surface area contributed by atoms with Crippen LogP contribution in [0.3, 0.4) is 0 Å². The zero-order chi connectivity index (χ0) is 16.0. The number of esters is 1.